The van der Waals surface area contributed by atoms with Gasteiger partial charge < -0.3 is 10.4 Å². The van der Waals surface area contributed by atoms with Gasteiger partial charge in [0.05, 0.1) is 27.9 Å². The fraction of sp³-hybridized carbons (Fsp3) is 0.0833. The van der Waals surface area contributed by atoms with E-state index in [0.29, 0.717) is 5.69 Å². The van der Waals surface area contributed by atoms with E-state index in [4.69, 9.17) is 0 Å². The Morgan fingerprint density at radius 2 is 1.55 bits per heavy atom. The molecule has 1 aliphatic heterocycles. The highest BCUT2D eigenvalue weighted by molar-refractivity contribution is 6.35. The molecule has 0 bridgehead atoms. The van der Waals surface area contributed by atoms with Gasteiger partial charge in [-0.15, -0.1) is 0 Å². The number of fused-ring (bicyclic) bond motifs is 1. The second-order valence-electron chi connectivity index (χ2n) is 7.28. The van der Waals surface area contributed by atoms with Gasteiger partial charge in [-0.05, 0) is 67.4 Å². The molecule has 0 saturated heterocycles. The SMILES string of the molecule is Cc1ccc(NC(=O)c2ccccc2N2C(=O)c3ccc(C(=O)O)cc3C2=O)cc1C. The molecule has 1 heterocycles. The predicted molar refractivity (Wildman–Crippen MR) is 115 cm³/mol. The smallest absolute Gasteiger partial charge is 0.335 e. The first-order valence-corrected chi connectivity index (χ1v) is 9.51. The van der Waals surface area contributed by atoms with Crippen molar-refractivity contribution >= 4 is 35.1 Å². The van der Waals surface area contributed by atoms with Crippen molar-refractivity contribution in [3.8, 4) is 0 Å². The lowest BCUT2D eigenvalue weighted by Gasteiger charge is -2.18. The molecular weight excluding hydrogens is 396 g/mol. The zero-order valence-corrected chi connectivity index (χ0v) is 16.8. The van der Waals surface area contributed by atoms with Crippen molar-refractivity contribution in [3.63, 3.8) is 0 Å². The average molecular weight is 414 g/mol. The molecule has 3 aromatic carbocycles. The third kappa shape index (κ3) is 3.46. The summed E-state index contributed by atoms with van der Waals surface area (Å²) in [6.07, 6.45) is 0. The Morgan fingerprint density at radius 1 is 0.839 bits per heavy atom. The molecule has 0 fully saturated rings. The van der Waals surface area contributed by atoms with E-state index in [-0.39, 0.29) is 27.9 Å². The van der Waals surface area contributed by atoms with Gasteiger partial charge in [0.25, 0.3) is 17.7 Å². The molecule has 0 unspecified atom stereocenters. The Kier molecular flexibility index (Phi) is 4.87. The van der Waals surface area contributed by atoms with Crippen molar-refractivity contribution in [2.45, 2.75) is 13.8 Å². The summed E-state index contributed by atoms with van der Waals surface area (Å²) in [4.78, 5) is 51.0. The zero-order valence-electron chi connectivity index (χ0n) is 16.8. The van der Waals surface area contributed by atoms with E-state index in [2.05, 4.69) is 5.32 Å². The van der Waals surface area contributed by atoms with Crippen molar-refractivity contribution in [1.29, 1.82) is 0 Å². The van der Waals surface area contributed by atoms with Gasteiger partial charge in [-0.1, -0.05) is 18.2 Å². The summed E-state index contributed by atoms with van der Waals surface area (Å²) in [7, 11) is 0. The van der Waals surface area contributed by atoms with Crippen LogP contribution in [0.25, 0.3) is 0 Å². The van der Waals surface area contributed by atoms with Gasteiger partial charge in [-0.3, -0.25) is 14.4 Å². The number of carbonyl (C=O) groups excluding carboxylic acids is 3. The number of hydrogen-bond donors (Lipinski definition) is 2. The number of nitrogens with zero attached hydrogens (tertiary/aromatic N) is 1. The van der Waals surface area contributed by atoms with Crippen molar-refractivity contribution in [2.75, 3.05) is 10.2 Å². The Hall–Kier alpha value is -4.26. The highest BCUT2D eigenvalue weighted by atomic mass is 16.4. The highest BCUT2D eigenvalue weighted by Gasteiger charge is 2.38. The summed E-state index contributed by atoms with van der Waals surface area (Å²) >= 11 is 0. The molecule has 0 aliphatic carbocycles. The van der Waals surface area contributed by atoms with Crippen molar-refractivity contribution in [3.05, 3.63) is 94.0 Å². The molecule has 154 valence electrons. The van der Waals surface area contributed by atoms with Crippen LogP contribution in [0.15, 0.2) is 60.7 Å². The van der Waals surface area contributed by atoms with Crippen LogP contribution in [-0.2, 0) is 0 Å². The number of imide groups is 1. The summed E-state index contributed by atoms with van der Waals surface area (Å²) in [6, 6.07) is 15.6. The van der Waals surface area contributed by atoms with Crippen LogP contribution in [-0.4, -0.2) is 28.8 Å². The summed E-state index contributed by atoms with van der Waals surface area (Å²) in [5.74, 6) is -2.95. The Labute approximate surface area is 177 Å². The number of carboxylic acid groups (broad SMARTS) is 1. The van der Waals surface area contributed by atoms with Crippen molar-refractivity contribution in [2.24, 2.45) is 0 Å². The normalized spacial score (nSPS) is 12.6. The molecular formula is C24H18N2O5. The summed E-state index contributed by atoms with van der Waals surface area (Å²) in [5, 5.41) is 12.0. The second kappa shape index (κ2) is 7.53. The number of carbonyl (C=O) groups is 4. The van der Waals surface area contributed by atoms with Gasteiger partial charge in [0, 0.05) is 5.69 Å². The predicted octanol–water partition coefficient (Wildman–Crippen LogP) is 4.05. The first kappa shape index (κ1) is 20.0. The van der Waals surface area contributed by atoms with Crippen LogP contribution in [0.4, 0.5) is 11.4 Å². The number of para-hydroxylation sites is 1. The summed E-state index contributed by atoms with van der Waals surface area (Å²) in [6.45, 7) is 3.90. The molecule has 3 amide bonds. The Morgan fingerprint density at radius 3 is 2.26 bits per heavy atom. The second-order valence-corrected chi connectivity index (χ2v) is 7.28. The van der Waals surface area contributed by atoms with E-state index in [1.807, 2.05) is 26.0 Å². The maximum Gasteiger partial charge on any atom is 0.335 e. The van der Waals surface area contributed by atoms with Crippen LogP contribution in [0.3, 0.4) is 0 Å². The number of anilines is 2. The fourth-order valence-electron chi connectivity index (χ4n) is 3.47. The van der Waals surface area contributed by atoms with Crippen LogP contribution in [0.1, 0.15) is 52.6 Å². The first-order chi connectivity index (χ1) is 14.8. The number of aromatic carboxylic acids is 1. The zero-order chi connectivity index (χ0) is 22.3. The van der Waals surface area contributed by atoms with E-state index in [1.54, 1.807) is 18.2 Å². The third-order valence-electron chi connectivity index (χ3n) is 5.29. The molecule has 7 heteroatoms. The number of benzene rings is 3. The molecule has 0 atom stereocenters. The van der Waals surface area contributed by atoms with E-state index in [9.17, 15) is 24.3 Å². The van der Waals surface area contributed by atoms with E-state index in [1.165, 1.54) is 30.3 Å². The van der Waals surface area contributed by atoms with Crippen LogP contribution in [0.5, 0.6) is 0 Å². The molecule has 4 rings (SSSR count). The molecule has 0 saturated carbocycles. The van der Waals surface area contributed by atoms with Gasteiger partial charge in [0.15, 0.2) is 0 Å². The summed E-state index contributed by atoms with van der Waals surface area (Å²) < 4.78 is 0. The third-order valence-corrected chi connectivity index (χ3v) is 5.29. The maximum absolute atomic E-state index is 13.0. The average Bonchev–Trinajstić information content (AvgIpc) is 3.00. The van der Waals surface area contributed by atoms with Gasteiger partial charge in [-0.2, -0.15) is 0 Å². The van der Waals surface area contributed by atoms with E-state index in [0.717, 1.165) is 16.0 Å². The molecule has 0 spiro atoms. The standard InChI is InChI=1S/C24H18N2O5/c1-13-7-9-16(11-14(13)2)25-21(27)18-5-3-4-6-20(18)26-22(28)17-10-8-15(24(30)31)12-19(17)23(26)29/h3-12H,1-2H3,(H,25,27)(H,30,31). The molecule has 0 aromatic heterocycles. The largest absolute Gasteiger partial charge is 0.478 e. The van der Waals surface area contributed by atoms with Crippen LogP contribution in [0.2, 0.25) is 0 Å². The highest BCUT2D eigenvalue weighted by Crippen LogP contribution is 2.32. The molecule has 7 nitrogen and oxygen atoms in total. The number of amides is 3. The minimum atomic E-state index is -1.20. The number of aryl methyl sites for hydroxylation is 2. The van der Waals surface area contributed by atoms with E-state index >= 15 is 0 Å². The van der Waals surface area contributed by atoms with Gasteiger partial charge in [-0.25, -0.2) is 9.69 Å². The van der Waals surface area contributed by atoms with E-state index < -0.39 is 23.7 Å². The Balaban J connectivity index is 1.70. The minimum absolute atomic E-state index is 0.00531. The van der Waals surface area contributed by atoms with Crippen LogP contribution >= 0.6 is 0 Å². The number of hydrogen-bond acceptors (Lipinski definition) is 4. The van der Waals surface area contributed by atoms with Crippen molar-refractivity contribution < 1.29 is 24.3 Å². The van der Waals surface area contributed by atoms with Crippen LogP contribution < -0.4 is 10.2 Å². The lowest BCUT2D eigenvalue weighted by Crippen LogP contribution is -2.31. The minimum Gasteiger partial charge on any atom is -0.478 e. The molecule has 2 N–H and O–H groups in total. The monoisotopic (exact) mass is 414 g/mol. The number of carboxylic acids is 1. The summed E-state index contributed by atoms with van der Waals surface area (Å²) in [5.41, 5.74) is 2.97. The first-order valence-electron chi connectivity index (χ1n) is 9.51. The number of rotatable bonds is 4. The lowest BCUT2D eigenvalue weighted by molar-refractivity contribution is 0.0696. The van der Waals surface area contributed by atoms with Crippen molar-refractivity contribution in [1.82, 2.24) is 0 Å². The number of nitrogens with one attached hydrogen (secondary N) is 1. The van der Waals surface area contributed by atoms with Gasteiger partial charge >= 0.3 is 5.97 Å². The molecule has 1 aliphatic rings. The van der Waals surface area contributed by atoms with Gasteiger partial charge in [0.2, 0.25) is 0 Å². The van der Waals surface area contributed by atoms with Crippen LogP contribution in [0, 0.1) is 13.8 Å². The van der Waals surface area contributed by atoms with Gasteiger partial charge in [0.1, 0.15) is 0 Å². The fourth-order valence-corrected chi connectivity index (χ4v) is 3.47. The molecule has 3 aromatic rings. The lowest BCUT2D eigenvalue weighted by atomic mass is 10.1. The molecule has 31 heavy (non-hydrogen) atoms. The molecule has 0 radical (unpaired) electrons. The quantitative estimate of drug-likeness (QED) is 0.627. The maximum atomic E-state index is 13.0. The topological polar surface area (TPSA) is 104 Å². The Bertz CT molecular complexity index is 1280.